The number of hydrogen-bond donors (Lipinski definition) is 1. The lowest BCUT2D eigenvalue weighted by atomic mass is 10.3. The Morgan fingerprint density at radius 2 is 1.88 bits per heavy atom. The van der Waals surface area contributed by atoms with Crippen LogP contribution in [0, 0.1) is 6.92 Å². The molecule has 16 heavy (non-hydrogen) atoms. The molecule has 0 spiro atoms. The average Bonchev–Trinajstić information content (AvgIpc) is 2.50. The molecule has 0 aliphatic carbocycles. The zero-order valence-corrected chi connectivity index (χ0v) is 10.6. The number of aryl methyl sites for hydroxylation is 1. The van der Waals surface area contributed by atoms with Gasteiger partial charge in [0.05, 0.1) is 21.4 Å². The normalized spacial score (nSPS) is 10.8. The summed E-state index contributed by atoms with van der Waals surface area (Å²) in [5.74, 6) is 0.387. The van der Waals surface area contributed by atoms with Crippen molar-refractivity contribution in [2.45, 2.75) is 6.92 Å². The molecule has 1 aromatic heterocycles. The van der Waals surface area contributed by atoms with E-state index < -0.39 is 0 Å². The van der Waals surface area contributed by atoms with Crippen LogP contribution in [0.3, 0.4) is 0 Å². The molecule has 1 heterocycles. The van der Waals surface area contributed by atoms with Crippen LogP contribution >= 0.6 is 34.8 Å². The van der Waals surface area contributed by atoms with E-state index in [4.69, 9.17) is 40.5 Å². The standard InChI is InChI=1S/C10H8Cl3N3/c1-5-9(13)10(14)16(15-5)6-2-3-7(11)8(12)4-6/h2-4H,14H2,1H3. The highest BCUT2D eigenvalue weighted by Crippen LogP contribution is 2.29. The first-order valence-corrected chi connectivity index (χ1v) is 5.60. The van der Waals surface area contributed by atoms with Crippen molar-refractivity contribution in [3.8, 4) is 5.69 Å². The van der Waals surface area contributed by atoms with Gasteiger partial charge in [-0.2, -0.15) is 5.10 Å². The minimum Gasteiger partial charge on any atom is -0.382 e. The molecule has 3 nitrogen and oxygen atoms in total. The predicted molar refractivity (Wildman–Crippen MR) is 67.7 cm³/mol. The highest BCUT2D eigenvalue weighted by molar-refractivity contribution is 6.42. The second-order valence-electron chi connectivity index (χ2n) is 3.29. The summed E-state index contributed by atoms with van der Waals surface area (Å²) < 4.78 is 1.53. The highest BCUT2D eigenvalue weighted by atomic mass is 35.5. The Hall–Kier alpha value is -0.900. The Balaban J connectivity index is 2.59. The maximum absolute atomic E-state index is 5.95. The van der Waals surface area contributed by atoms with Crippen molar-refractivity contribution >= 4 is 40.6 Å². The number of rotatable bonds is 1. The van der Waals surface area contributed by atoms with Crippen LogP contribution in [0.1, 0.15) is 5.69 Å². The highest BCUT2D eigenvalue weighted by Gasteiger charge is 2.12. The third-order valence-corrected chi connectivity index (χ3v) is 3.37. The van der Waals surface area contributed by atoms with E-state index in [2.05, 4.69) is 5.10 Å². The predicted octanol–water partition coefficient (Wildman–Crippen LogP) is 3.72. The van der Waals surface area contributed by atoms with E-state index in [9.17, 15) is 0 Å². The molecular formula is C10H8Cl3N3. The van der Waals surface area contributed by atoms with Crippen molar-refractivity contribution in [3.05, 3.63) is 39.0 Å². The number of anilines is 1. The average molecular weight is 277 g/mol. The van der Waals surface area contributed by atoms with Crippen molar-refractivity contribution < 1.29 is 0 Å². The Labute approximate surface area is 108 Å². The largest absolute Gasteiger partial charge is 0.382 e. The number of nitrogens with zero attached hydrogens (tertiary/aromatic N) is 2. The number of halogens is 3. The van der Waals surface area contributed by atoms with E-state index in [1.165, 1.54) is 4.68 Å². The summed E-state index contributed by atoms with van der Waals surface area (Å²) in [6.45, 7) is 1.78. The molecule has 0 amide bonds. The minimum absolute atomic E-state index is 0.387. The van der Waals surface area contributed by atoms with Gasteiger partial charge in [-0.3, -0.25) is 0 Å². The van der Waals surface area contributed by atoms with Crippen molar-refractivity contribution in [1.29, 1.82) is 0 Å². The first-order chi connectivity index (χ1) is 7.50. The Bertz CT molecular complexity index is 548. The minimum atomic E-state index is 0.387. The zero-order chi connectivity index (χ0) is 11.9. The Morgan fingerprint density at radius 1 is 1.19 bits per heavy atom. The van der Waals surface area contributed by atoms with Gasteiger partial charge in [-0.25, -0.2) is 4.68 Å². The molecule has 0 aliphatic rings. The van der Waals surface area contributed by atoms with Gasteiger partial charge in [-0.1, -0.05) is 34.8 Å². The van der Waals surface area contributed by atoms with Crippen LogP contribution in [0.15, 0.2) is 18.2 Å². The van der Waals surface area contributed by atoms with Gasteiger partial charge < -0.3 is 5.73 Å². The van der Waals surface area contributed by atoms with Crippen molar-refractivity contribution in [2.24, 2.45) is 0 Å². The van der Waals surface area contributed by atoms with E-state index in [0.29, 0.717) is 26.6 Å². The van der Waals surface area contributed by atoms with Gasteiger partial charge >= 0.3 is 0 Å². The number of benzene rings is 1. The lowest BCUT2D eigenvalue weighted by molar-refractivity contribution is 0.872. The van der Waals surface area contributed by atoms with E-state index in [1.807, 2.05) is 0 Å². The van der Waals surface area contributed by atoms with Gasteiger partial charge in [0, 0.05) is 0 Å². The third-order valence-electron chi connectivity index (χ3n) is 2.17. The molecule has 0 fully saturated rings. The van der Waals surface area contributed by atoms with Gasteiger partial charge in [0.25, 0.3) is 0 Å². The molecule has 1 aromatic carbocycles. The Morgan fingerprint density at radius 3 is 2.38 bits per heavy atom. The second kappa shape index (κ2) is 4.17. The molecule has 2 aromatic rings. The lowest BCUT2D eigenvalue weighted by Crippen LogP contribution is -2.01. The Kier molecular flexibility index (Phi) is 3.02. The van der Waals surface area contributed by atoms with E-state index >= 15 is 0 Å². The van der Waals surface area contributed by atoms with Crippen LogP contribution in [0.25, 0.3) is 5.69 Å². The molecule has 84 valence electrons. The number of nitrogens with two attached hydrogens (primary N) is 1. The molecule has 0 radical (unpaired) electrons. The number of nitrogen functional groups attached to an aromatic ring is 1. The van der Waals surface area contributed by atoms with E-state index in [0.717, 1.165) is 5.69 Å². The second-order valence-corrected chi connectivity index (χ2v) is 4.49. The quantitative estimate of drug-likeness (QED) is 0.862. The molecular weight excluding hydrogens is 268 g/mol. The number of aromatic nitrogens is 2. The van der Waals surface area contributed by atoms with E-state index in [1.54, 1.807) is 25.1 Å². The fraction of sp³-hybridized carbons (Fsp3) is 0.100. The summed E-state index contributed by atoms with van der Waals surface area (Å²) in [5, 5.41) is 5.59. The first kappa shape index (κ1) is 11.6. The molecule has 2 rings (SSSR count). The smallest absolute Gasteiger partial charge is 0.146 e. The summed E-state index contributed by atoms with van der Waals surface area (Å²) >= 11 is 17.7. The van der Waals surface area contributed by atoms with Crippen LogP contribution < -0.4 is 5.73 Å². The topological polar surface area (TPSA) is 43.8 Å². The third kappa shape index (κ3) is 1.86. The van der Waals surface area contributed by atoms with Gasteiger partial charge in [0.1, 0.15) is 10.8 Å². The molecule has 0 bridgehead atoms. The van der Waals surface area contributed by atoms with E-state index in [-0.39, 0.29) is 0 Å². The van der Waals surface area contributed by atoms with Crippen LogP contribution in [-0.2, 0) is 0 Å². The molecule has 0 unspecified atom stereocenters. The maximum Gasteiger partial charge on any atom is 0.146 e. The molecule has 0 saturated carbocycles. The van der Waals surface area contributed by atoms with Crippen molar-refractivity contribution in [3.63, 3.8) is 0 Å². The van der Waals surface area contributed by atoms with Gasteiger partial charge in [0.2, 0.25) is 0 Å². The maximum atomic E-state index is 5.95. The van der Waals surface area contributed by atoms with Crippen LogP contribution in [0.4, 0.5) is 5.82 Å². The summed E-state index contributed by atoms with van der Waals surface area (Å²) in [7, 11) is 0. The van der Waals surface area contributed by atoms with Crippen LogP contribution in [0.5, 0.6) is 0 Å². The zero-order valence-electron chi connectivity index (χ0n) is 8.34. The molecule has 2 N–H and O–H groups in total. The molecule has 0 aliphatic heterocycles. The van der Waals surface area contributed by atoms with Gasteiger partial charge in [-0.05, 0) is 25.1 Å². The fourth-order valence-corrected chi connectivity index (χ4v) is 1.75. The molecule has 0 atom stereocenters. The van der Waals surface area contributed by atoms with Crippen LogP contribution in [0.2, 0.25) is 15.1 Å². The lowest BCUT2D eigenvalue weighted by Gasteiger charge is -2.05. The molecule has 0 saturated heterocycles. The van der Waals surface area contributed by atoms with Crippen molar-refractivity contribution in [2.75, 3.05) is 5.73 Å². The monoisotopic (exact) mass is 275 g/mol. The van der Waals surface area contributed by atoms with Gasteiger partial charge in [-0.15, -0.1) is 0 Å². The summed E-state index contributed by atoms with van der Waals surface area (Å²) in [4.78, 5) is 0. The van der Waals surface area contributed by atoms with Gasteiger partial charge in [0.15, 0.2) is 0 Å². The SMILES string of the molecule is Cc1nn(-c2ccc(Cl)c(Cl)c2)c(N)c1Cl. The summed E-state index contributed by atoms with van der Waals surface area (Å²) in [6.07, 6.45) is 0. The fourth-order valence-electron chi connectivity index (χ4n) is 1.34. The van der Waals surface area contributed by atoms with Crippen LogP contribution in [-0.4, -0.2) is 9.78 Å². The number of hydrogen-bond acceptors (Lipinski definition) is 2. The summed E-state index contributed by atoms with van der Waals surface area (Å²) in [5.41, 5.74) is 7.21. The van der Waals surface area contributed by atoms with Crippen molar-refractivity contribution in [1.82, 2.24) is 9.78 Å². The summed E-state index contributed by atoms with van der Waals surface area (Å²) in [6, 6.07) is 5.14. The molecule has 6 heteroatoms. The first-order valence-electron chi connectivity index (χ1n) is 4.46.